The molecule has 8 N–H and O–H groups in total. The molecule has 0 saturated carbocycles. The number of rotatable bonds is 8. The standard InChI is InChI=1S/C28H39BFN5O6/c1-6-35(8-7-30)12-13-9-16(36)17-14(20(13)33(2)3)10-27(32)11-15-21(34(4)5)23(38)18(26(31)40)24(29)28(15,41)25(39)19(27)22(17)37/h9,15,21,29,36,38-39,41H,6-8,10-12,32H2,1-5H3,(H2,31,40)/t15-,21-,27+,28+/m0/s1. The third-order valence-corrected chi connectivity index (χ3v) is 8.79. The van der Waals surface area contributed by atoms with Gasteiger partial charge in [0, 0.05) is 0 Å². The first kappa shape index (κ1) is 30.7. The Balaban J connectivity index is 1.98. The number of likely N-dealkylation sites (N-methyl/N-ethyl adjacent to an activating group) is 1. The van der Waals surface area contributed by atoms with Gasteiger partial charge in [0.05, 0.1) is 0 Å². The van der Waals surface area contributed by atoms with Gasteiger partial charge in [-0.25, -0.2) is 4.39 Å². The normalized spacial score (nSPS) is 27.7. The summed E-state index contributed by atoms with van der Waals surface area (Å²) in [7, 11) is 10.6. The Labute approximate surface area is 239 Å². The van der Waals surface area contributed by atoms with Gasteiger partial charge in [0.25, 0.3) is 0 Å². The van der Waals surface area contributed by atoms with Crippen molar-refractivity contribution in [3.63, 3.8) is 0 Å². The number of halogens is 1. The third kappa shape index (κ3) is 4.46. The van der Waals surface area contributed by atoms with Crippen LogP contribution in [0.2, 0.25) is 0 Å². The van der Waals surface area contributed by atoms with Crippen molar-refractivity contribution >= 4 is 30.3 Å². The fourth-order valence-electron chi connectivity index (χ4n) is 7.03. The van der Waals surface area contributed by atoms with Crippen molar-refractivity contribution in [3.8, 4) is 5.75 Å². The van der Waals surface area contributed by atoms with Crippen LogP contribution in [0.25, 0.3) is 0 Å². The molecule has 3 aliphatic carbocycles. The minimum atomic E-state index is -2.34. The number of aromatic hydroxyl groups is 1. The van der Waals surface area contributed by atoms with Crippen LogP contribution in [0.5, 0.6) is 5.75 Å². The van der Waals surface area contributed by atoms with Crippen molar-refractivity contribution in [3.05, 3.63) is 45.4 Å². The van der Waals surface area contributed by atoms with Gasteiger partial charge in [-0.3, -0.25) is 0 Å². The molecule has 1 amide bonds. The summed E-state index contributed by atoms with van der Waals surface area (Å²) in [5, 5.41) is 45.9. The Morgan fingerprint density at radius 3 is 2.37 bits per heavy atom. The number of aliphatic hydroxyl groups excluding tert-OH is 2. The van der Waals surface area contributed by atoms with Gasteiger partial charge in [0.15, 0.2) is 0 Å². The van der Waals surface area contributed by atoms with E-state index in [-0.39, 0.29) is 41.7 Å². The number of nitrogens with two attached hydrogens (primary N) is 2. The van der Waals surface area contributed by atoms with Crippen molar-refractivity contribution in [1.29, 1.82) is 0 Å². The van der Waals surface area contributed by atoms with Crippen LogP contribution in [-0.4, -0.2) is 120 Å². The zero-order valence-electron chi connectivity index (χ0n) is 24.2. The SMILES string of the molecule is B=C1C(C(N)=O)=C(O)[C@@H](N(C)C)[C@@H]2C[C@]3(N)Cc4c(c(O)cc(CN(CC)CCF)c4N(C)C)C(=O)C3=C(O)[C@]12O. The summed E-state index contributed by atoms with van der Waals surface area (Å²) in [5.74, 6) is -4.37. The van der Waals surface area contributed by atoms with E-state index in [2.05, 4.69) is 7.49 Å². The van der Waals surface area contributed by atoms with E-state index in [1.165, 1.54) is 6.07 Å². The molecule has 0 aromatic heterocycles. The average Bonchev–Trinajstić information content (AvgIpc) is 2.84. The number of aliphatic hydroxyl groups is 3. The van der Waals surface area contributed by atoms with Crippen LogP contribution in [0.3, 0.4) is 0 Å². The number of benzene rings is 1. The number of phenols is 1. The van der Waals surface area contributed by atoms with Gasteiger partial charge in [-0.15, -0.1) is 0 Å². The van der Waals surface area contributed by atoms with Gasteiger partial charge >= 0.3 is 221 Å². The molecular formula is C28H39BFN5O6. The molecule has 13 heteroatoms. The molecule has 0 heterocycles. The molecule has 222 valence electrons. The molecule has 0 spiro atoms. The third-order valence-electron chi connectivity index (χ3n) is 8.79. The zero-order chi connectivity index (χ0) is 30.8. The fraction of sp³-hybridized carbons (Fsp3) is 0.536. The summed E-state index contributed by atoms with van der Waals surface area (Å²) >= 11 is 0. The molecule has 4 rings (SSSR count). The van der Waals surface area contributed by atoms with Crippen LogP contribution in [0.1, 0.15) is 34.8 Å². The molecule has 41 heavy (non-hydrogen) atoms. The molecule has 3 aliphatic rings. The number of ketones is 1. The Bertz CT molecular complexity index is 1390. The maximum atomic E-state index is 14.1. The Morgan fingerprint density at radius 1 is 1.22 bits per heavy atom. The van der Waals surface area contributed by atoms with E-state index in [4.69, 9.17) is 11.5 Å². The molecule has 4 atom stereocenters. The maximum absolute atomic E-state index is 14.1. The van der Waals surface area contributed by atoms with E-state index >= 15 is 0 Å². The number of hydrogen-bond acceptors (Lipinski definition) is 10. The van der Waals surface area contributed by atoms with Crippen LogP contribution in [0.15, 0.2) is 28.7 Å². The summed E-state index contributed by atoms with van der Waals surface area (Å²) in [5.41, 5.74) is 9.28. The number of alkyl halides is 1. The number of phenolic OH excluding ortho intramolecular Hbond substituents is 1. The van der Waals surface area contributed by atoms with E-state index in [1.807, 2.05) is 11.8 Å². The molecule has 1 aromatic carbocycles. The molecule has 0 saturated heterocycles. The van der Waals surface area contributed by atoms with Crippen molar-refractivity contribution in [2.24, 2.45) is 17.4 Å². The second-order valence-electron chi connectivity index (χ2n) is 11.7. The van der Waals surface area contributed by atoms with E-state index in [0.717, 1.165) is 0 Å². The summed E-state index contributed by atoms with van der Waals surface area (Å²) in [6.45, 7) is 2.43. The van der Waals surface area contributed by atoms with E-state index in [9.17, 15) is 34.4 Å². The summed E-state index contributed by atoms with van der Waals surface area (Å²) in [6.07, 6.45) is -0.0865. The number of anilines is 1. The van der Waals surface area contributed by atoms with Crippen LogP contribution in [0.4, 0.5) is 10.1 Å². The summed E-state index contributed by atoms with van der Waals surface area (Å²) in [4.78, 5) is 31.7. The van der Waals surface area contributed by atoms with Crippen LogP contribution in [0, 0.1) is 5.92 Å². The van der Waals surface area contributed by atoms with Crippen molar-refractivity contribution in [1.82, 2.24) is 9.80 Å². The van der Waals surface area contributed by atoms with E-state index in [0.29, 0.717) is 29.9 Å². The minimum absolute atomic E-state index is 0.00394. The molecule has 0 fully saturated rings. The summed E-state index contributed by atoms with van der Waals surface area (Å²) < 4.78 is 13.2. The molecule has 0 unspecified atom stereocenters. The molecule has 0 radical (unpaired) electrons. The fourth-order valence-corrected chi connectivity index (χ4v) is 7.03. The average molecular weight is 571 g/mol. The number of nitrogens with zero attached hydrogens (tertiary/aromatic N) is 3. The number of hydrogen-bond donors (Lipinski definition) is 6. The molecule has 0 aliphatic heterocycles. The van der Waals surface area contributed by atoms with Crippen molar-refractivity contribution < 1.29 is 34.4 Å². The number of amides is 1. The van der Waals surface area contributed by atoms with Crippen LogP contribution in [-0.2, 0) is 17.8 Å². The van der Waals surface area contributed by atoms with Gasteiger partial charge in [-0.2, -0.15) is 0 Å². The predicted octanol–water partition coefficient (Wildman–Crippen LogP) is -0.437. The first-order valence-electron chi connectivity index (χ1n) is 13.5. The van der Waals surface area contributed by atoms with Gasteiger partial charge in [-0.05, 0) is 0 Å². The van der Waals surface area contributed by atoms with Gasteiger partial charge in [0.2, 0.25) is 0 Å². The second kappa shape index (κ2) is 10.5. The molecule has 0 bridgehead atoms. The number of carbonyl (C=O) groups is 2. The first-order chi connectivity index (χ1) is 19.1. The molecular weight excluding hydrogens is 532 g/mol. The van der Waals surface area contributed by atoms with Gasteiger partial charge in [-0.1, -0.05) is 6.92 Å². The molecule has 1 aromatic rings. The predicted molar refractivity (Wildman–Crippen MR) is 156 cm³/mol. The summed E-state index contributed by atoms with van der Waals surface area (Å²) in [6, 6.07) is 0.461. The molecule has 11 nitrogen and oxygen atoms in total. The number of fused-ring (bicyclic) bond motifs is 3. The van der Waals surface area contributed by atoms with Crippen molar-refractivity contribution in [2.45, 2.75) is 43.5 Å². The second-order valence-corrected chi connectivity index (χ2v) is 11.7. The quantitative estimate of drug-likeness (QED) is 0.224. The first-order valence-corrected chi connectivity index (χ1v) is 13.5. The number of primary amides is 1. The monoisotopic (exact) mass is 571 g/mol. The Morgan fingerprint density at radius 2 is 1.85 bits per heavy atom. The van der Waals surface area contributed by atoms with Crippen molar-refractivity contribution in [2.75, 3.05) is 52.9 Å². The Hall–Kier alpha value is -3.26. The van der Waals surface area contributed by atoms with E-state index < -0.39 is 58.6 Å². The van der Waals surface area contributed by atoms with E-state index in [1.54, 1.807) is 38.0 Å². The van der Waals surface area contributed by atoms with Gasteiger partial charge in [0.1, 0.15) is 6.67 Å². The zero-order valence-corrected chi connectivity index (χ0v) is 24.2. The van der Waals surface area contributed by atoms with Crippen LogP contribution >= 0.6 is 0 Å². The van der Waals surface area contributed by atoms with Gasteiger partial charge < -0.3 is 0 Å². The van der Waals surface area contributed by atoms with Crippen LogP contribution < -0.4 is 16.4 Å². The topological polar surface area (TPSA) is 177 Å². The number of Topliss-reactive ketones (excluding diaryl/α,β-unsaturated/α-hetero) is 1. The Kier molecular flexibility index (Phi) is 7.89. The number of carbonyl (C=O) groups excluding carboxylic acids is 2.